The van der Waals surface area contributed by atoms with Gasteiger partial charge in [-0.15, -0.1) is 0 Å². The Morgan fingerprint density at radius 3 is 2.29 bits per heavy atom. The van der Waals surface area contributed by atoms with Crippen molar-refractivity contribution < 1.29 is 22.8 Å². The molecule has 1 aromatic carbocycles. The summed E-state index contributed by atoms with van der Waals surface area (Å²) in [7, 11) is 0. The lowest BCUT2D eigenvalue weighted by Crippen LogP contribution is -2.47. The van der Waals surface area contributed by atoms with Crippen LogP contribution in [0.15, 0.2) is 24.3 Å². The van der Waals surface area contributed by atoms with Gasteiger partial charge in [-0.2, -0.15) is 23.4 Å². The van der Waals surface area contributed by atoms with Crippen LogP contribution in [0.25, 0.3) is 10.9 Å². The van der Waals surface area contributed by atoms with Crippen LogP contribution in [-0.2, 0) is 11.6 Å². The van der Waals surface area contributed by atoms with Crippen LogP contribution in [0.5, 0.6) is 0 Å². The smallest absolute Gasteiger partial charge is 0.348 e. The largest absolute Gasteiger partial charge is 0.433 e. The Hall–Kier alpha value is -3.37. The zero-order valence-corrected chi connectivity index (χ0v) is 21.8. The van der Waals surface area contributed by atoms with Crippen molar-refractivity contribution in [2.75, 3.05) is 13.1 Å². The maximum absolute atomic E-state index is 13.3. The zero-order chi connectivity index (χ0) is 27.3. The molecule has 0 unspecified atom stereocenters. The molecule has 1 spiro atoms. The van der Waals surface area contributed by atoms with E-state index in [0.29, 0.717) is 18.8 Å². The molecule has 2 amide bonds. The fourth-order valence-corrected chi connectivity index (χ4v) is 5.68. The predicted molar refractivity (Wildman–Crippen MR) is 136 cm³/mol. The zero-order valence-electron chi connectivity index (χ0n) is 21.8. The Balaban J connectivity index is 1.15. The fraction of sp³-hybridized carbons (Fsp3) is 0.556. The maximum Gasteiger partial charge on any atom is 0.433 e. The molecule has 11 heteroatoms. The van der Waals surface area contributed by atoms with Crippen LogP contribution in [0.1, 0.15) is 91.5 Å². The number of alkyl halides is 3. The molecule has 1 aliphatic heterocycles. The first kappa shape index (κ1) is 26.2. The van der Waals surface area contributed by atoms with E-state index in [1.54, 1.807) is 11.0 Å². The first-order valence-corrected chi connectivity index (χ1v) is 13.1. The number of rotatable bonds is 3. The van der Waals surface area contributed by atoms with E-state index in [1.807, 2.05) is 5.10 Å². The second kappa shape index (κ2) is 9.43. The molecule has 0 atom stereocenters. The molecule has 2 fully saturated rings. The van der Waals surface area contributed by atoms with Crippen molar-refractivity contribution in [2.45, 2.75) is 76.9 Å². The van der Waals surface area contributed by atoms with Crippen LogP contribution in [0.4, 0.5) is 13.2 Å². The number of nitrogens with zero attached hydrogens (tertiary/aromatic N) is 3. The monoisotopic (exact) mass is 530 g/mol. The molecule has 0 radical (unpaired) electrons. The molecular formula is C27H33F3N6O2. The lowest BCUT2D eigenvalue weighted by Gasteiger charge is -2.46. The number of aromatic amines is 2. The minimum atomic E-state index is -4.57. The Kier molecular flexibility index (Phi) is 6.51. The van der Waals surface area contributed by atoms with Crippen molar-refractivity contribution in [1.29, 1.82) is 0 Å². The summed E-state index contributed by atoms with van der Waals surface area (Å²) in [5.74, 6) is -0.424. The number of H-pyrrole nitrogens is 2. The van der Waals surface area contributed by atoms with Crippen molar-refractivity contribution >= 4 is 22.7 Å². The average molecular weight is 531 g/mol. The molecule has 1 aliphatic carbocycles. The average Bonchev–Trinajstić information content (AvgIpc) is 3.53. The summed E-state index contributed by atoms with van der Waals surface area (Å²) in [6, 6.07) is 6.16. The van der Waals surface area contributed by atoms with Crippen LogP contribution < -0.4 is 5.32 Å². The number of piperidine rings is 1. The molecule has 5 rings (SSSR count). The Morgan fingerprint density at radius 1 is 1.00 bits per heavy atom. The number of halogens is 3. The second-order valence-corrected chi connectivity index (χ2v) is 11.8. The predicted octanol–water partition coefficient (Wildman–Crippen LogP) is 5.20. The number of aromatic nitrogens is 4. The minimum Gasteiger partial charge on any atom is -0.348 e. The molecule has 2 aromatic heterocycles. The standard InChI is InChI=1S/C27H33F3N6O2/c1-25(2,3)21-15-20(33-34-21)23(37)31-17-6-8-26(9-7-17)10-12-36(13-11-26)24(38)16-4-5-19-18(14-16)22(35-32-19)27(28,29)30/h4-5,14-15,17H,6-13H2,1-3H3,(H,31,37)(H,32,35)(H,33,34). The van der Waals surface area contributed by atoms with Crippen molar-refractivity contribution in [3.63, 3.8) is 0 Å². The quantitative estimate of drug-likeness (QED) is 0.433. The van der Waals surface area contributed by atoms with E-state index < -0.39 is 11.9 Å². The maximum atomic E-state index is 13.3. The van der Waals surface area contributed by atoms with E-state index in [9.17, 15) is 22.8 Å². The molecule has 2 aliphatic rings. The van der Waals surface area contributed by atoms with Crippen molar-refractivity contribution in [2.24, 2.45) is 5.41 Å². The third kappa shape index (κ3) is 5.15. The Morgan fingerprint density at radius 2 is 1.68 bits per heavy atom. The van der Waals surface area contributed by atoms with Gasteiger partial charge in [0.15, 0.2) is 0 Å². The van der Waals surface area contributed by atoms with E-state index >= 15 is 0 Å². The Labute approximate surface area is 218 Å². The molecule has 38 heavy (non-hydrogen) atoms. The van der Waals surface area contributed by atoms with Crippen molar-refractivity contribution in [3.05, 3.63) is 46.9 Å². The highest BCUT2D eigenvalue weighted by Crippen LogP contribution is 2.45. The van der Waals surface area contributed by atoms with E-state index in [-0.39, 0.29) is 45.2 Å². The highest BCUT2D eigenvalue weighted by Gasteiger charge is 2.40. The molecule has 3 N–H and O–H groups in total. The van der Waals surface area contributed by atoms with E-state index in [1.165, 1.54) is 18.2 Å². The molecule has 204 valence electrons. The van der Waals surface area contributed by atoms with E-state index in [0.717, 1.165) is 44.2 Å². The number of amides is 2. The van der Waals surface area contributed by atoms with Gasteiger partial charge in [0.2, 0.25) is 0 Å². The highest BCUT2D eigenvalue weighted by atomic mass is 19.4. The molecular weight excluding hydrogens is 497 g/mol. The van der Waals surface area contributed by atoms with Crippen LogP contribution in [-0.4, -0.2) is 56.2 Å². The summed E-state index contributed by atoms with van der Waals surface area (Å²) in [5.41, 5.74) is 0.802. The number of nitrogens with one attached hydrogen (secondary N) is 3. The van der Waals surface area contributed by atoms with E-state index in [2.05, 4.69) is 41.4 Å². The van der Waals surface area contributed by atoms with Gasteiger partial charge < -0.3 is 10.2 Å². The number of carbonyl (C=O) groups is 2. The third-order valence-electron chi connectivity index (χ3n) is 8.20. The lowest BCUT2D eigenvalue weighted by molar-refractivity contribution is -0.139. The SMILES string of the molecule is CC(C)(C)c1cc(C(=O)NC2CCC3(CC2)CCN(C(=O)c2ccc4n[nH]c(C(F)(F)F)c4c2)CC3)n[nH]1. The number of fused-ring (bicyclic) bond motifs is 1. The molecule has 8 nitrogen and oxygen atoms in total. The minimum absolute atomic E-state index is 0.0899. The number of likely N-dealkylation sites (tertiary alicyclic amines) is 1. The van der Waals surface area contributed by atoms with Gasteiger partial charge in [0.1, 0.15) is 11.4 Å². The number of carbonyl (C=O) groups excluding carboxylic acids is 2. The third-order valence-corrected chi connectivity index (χ3v) is 8.20. The van der Waals surface area contributed by atoms with Crippen molar-refractivity contribution in [3.8, 4) is 0 Å². The van der Waals surface area contributed by atoms with Crippen molar-refractivity contribution in [1.82, 2.24) is 30.6 Å². The summed E-state index contributed by atoms with van der Waals surface area (Å²) in [5, 5.41) is 15.9. The van der Waals surface area contributed by atoms with E-state index in [4.69, 9.17) is 0 Å². The summed E-state index contributed by atoms with van der Waals surface area (Å²) < 4.78 is 39.8. The molecule has 3 aromatic rings. The summed E-state index contributed by atoms with van der Waals surface area (Å²) >= 11 is 0. The molecule has 3 heterocycles. The summed E-state index contributed by atoms with van der Waals surface area (Å²) in [6.45, 7) is 7.30. The highest BCUT2D eigenvalue weighted by molar-refractivity contribution is 5.98. The fourth-order valence-electron chi connectivity index (χ4n) is 5.68. The second-order valence-electron chi connectivity index (χ2n) is 11.8. The van der Waals surface area contributed by atoms with Gasteiger partial charge in [0, 0.05) is 41.2 Å². The van der Waals surface area contributed by atoms with Gasteiger partial charge in [0.05, 0.1) is 5.52 Å². The van der Waals surface area contributed by atoms with Crippen LogP contribution >= 0.6 is 0 Å². The Bertz CT molecular complexity index is 1330. The normalized spacial score (nSPS) is 18.7. The van der Waals surface area contributed by atoms with Gasteiger partial charge in [-0.05, 0) is 68.2 Å². The van der Waals surface area contributed by atoms with Gasteiger partial charge in [-0.3, -0.25) is 19.8 Å². The van der Waals surface area contributed by atoms with Crippen LogP contribution in [0, 0.1) is 5.41 Å². The lowest BCUT2D eigenvalue weighted by atomic mass is 9.67. The molecule has 0 bridgehead atoms. The van der Waals surface area contributed by atoms with Gasteiger partial charge in [-0.25, -0.2) is 0 Å². The first-order chi connectivity index (χ1) is 17.8. The van der Waals surface area contributed by atoms with Gasteiger partial charge in [-0.1, -0.05) is 20.8 Å². The number of benzene rings is 1. The number of hydrogen-bond acceptors (Lipinski definition) is 4. The van der Waals surface area contributed by atoms with Crippen LogP contribution in [0.2, 0.25) is 0 Å². The molecule has 1 saturated heterocycles. The van der Waals surface area contributed by atoms with Crippen LogP contribution in [0.3, 0.4) is 0 Å². The van der Waals surface area contributed by atoms with Gasteiger partial charge in [0.25, 0.3) is 11.8 Å². The first-order valence-electron chi connectivity index (χ1n) is 13.1. The topological polar surface area (TPSA) is 107 Å². The summed E-state index contributed by atoms with van der Waals surface area (Å²) in [6.07, 6.45) is 0.777. The number of hydrogen-bond donors (Lipinski definition) is 3. The molecule has 1 saturated carbocycles. The van der Waals surface area contributed by atoms with Gasteiger partial charge >= 0.3 is 6.18 Å². The summed E-state index contributed by atoms with van der Waals surface area (Å²) in [4.78, 5) is 27.6.